The Kier molecular flexibility index (Phi) is 7.53. The maximum absolute atomic E-state index is 6.48. The van der Waals surface area contributed by atoms with Crippen LogP contribution in [0.15, 0.2) is 217 Å². The van der Waals surface area contributed by atoms with Gasteiger partial charge in [0, 0.05) is 33.8 Å². The van der Waals surface area contributed by atoms with Crippen molar-refractivity contribution in [3.05, 3.63) is 212 Å². The van der Waals surface area contributed by atoms with Crippen LogP contribution in [0.4, 0.5) is 17.1 Å². The van der Waals surface area contributed by atoms with E-state index in [1.165, 1.54) is 49.0 Å². The van der Waals surface area contributed by atoms with Gasteiger partial charge in [0.15, 0.2) is 0 Å². The van der Waals surface area contributed by atoms with E-state index in [0.717, 1.165) is 55.7 Å². The van der Waals surface area contributed by atoms with Crippen LogP contribution in [0.25, 0.3) is 87.6 Å². The van der Waals surface area contributed by atoms with Gasteiger partial charge in [0.1, 0.15) is 11.2 Å². The molecule has 11 rings (SSSR count). The number of anilines is 3. The molecule has 1 aromatic heterocycles. The van der Waals surface area contributed by atoms with Crippen molar-refractivity contribution in [2.75, 3.05) is 4.90 Å². The van der Waals surface area contributed by atoms with Gasteiger partial charge in [-0.05, 0) is 103 Å². The van der Waals surface area contributed by atoms with E-state index in [9.17, 15) is 0 Å². The van der Waals surface area contributed by atoms with Crippen molar-refractivity contribution in [1.82, 2.24) is 0 Å². The number of benzene rings is 10. The number of nitrogens with zero attached hydrogens (tertiary/aromatic N) is 1. The highest BCUT2D eigenvalue weighted by molar-refractivity contribution is 6.09. The third kappa shape index (κ3) is 5.42. The van der Waals surface area contributed by atoms with Crippen LogP contribution >= 0.6 is 0 Å². The first-order chi connectivity index (χ1) is 27.7. The molecule has 2 nitrogen and oxygen atoms in total. The van der Waals surface area contributed by atoms with Crippen LogP contribution in [0.5, 0.6) is 0 Å². The first kappa shape index (κ1) is 32.0. The average Bonchev–Trinajstić information content (AvgIpc) is 3.64. The number of hydrogen-bond acceptors (Lipinski definition) is 2. The van der Waals surface area contributed by atoms with Crippen LogP contribution in [-0.4, -0.2) is 0 Å². The summed E-state index contributed by atoms with van der Waals surface area (Å²) in [6, 6.07) is 76.6. The summed E-state index contributed by atoms with van der Waals surface area (Å²) in [7, 11) is 0. The standard InChI is InChI=1S/C54H35NO/c1-2-11-38(12-3-1)49-31-26-42(47-19-10-15-37-13-4-6-16-45(37)47)34-52(49)55(44-29-32-51-50-18-8-9-20-53(50)56-54(51)35-44)43-27-23-36(24-28-43)40-25-30-48-41(33-40)22-21-39-14-5-7-17-46(39)48/h1-35H. The van der Waals surface area contributed by atoms with Gasteiger partial charge in [-0.1, -0.05) is 164 Å². The Morgan fingerprint density at radius 2 is 0.893 bits per heavy atom. The molecule has 2 heteroatoms. The molecule has 0 aliphatic heterocycles. The van der Waals surface area contributed by atoms with Crippen molar-refractivity contribution < 1.29 is 4.42 Å². The zero-order valence-electron chi connectivity index (χ0n) is 30.6. The lowest BCUT2D eigenvalue weighted by molar-refractivity contribution is 0.669. The van der Waals surface area contributed by atoms with Crippen LogP contribution in [0.3, 0.4) is 0 Å². The van der Waals surface area contributed by atoms with Gasteiger partial charge in [-0.3, -0.25) is 0 Å². The molecule has 0 bridgehead atoms. The molecule has 10 aromatic carbocycles. The molecule has 0 amide bonds. The van der Waals surface area contributed by atoms with Crippen molar-refractivity contribution in [2.45, 2.75) is 0 Å². The van der Waals surface area contributed by atoms with E-state index in [4.69, 9.17) is 4.42 Å². The molecule has 1 heterocycles. The maximum atomic E-state index is 6.48. The van der Waals surface area contributed by atoms with Gasteiger partial charge < -0.3 is 9.32 Å². The summed E-state index contributed by atoms with van der Waals surface area (Å²) >= 11 is 0. The predicted molar refractivity (Wildman–Crippen MR) is 237 cm³/mol. The molecular weight excluding hydrogens is 679 g/mol. The minimum absolute atomic E-state index is 0.862. The van der Waals surface area contributed by atoms with Crippen LogP contribution in [-0.2, 0) is 0 Å². The minimum atomic E-state index is 0.862. The third-order valence-corrected chi connectivity index (χ3v) is 11.2. The molecule has 0 radical (unpaired) electrons. The fourth-order valence-electron chi connectivity index (χ4n) is 8.50. The second-order valence-electron chi connectivity index (χ2n) is 14.5. The van der Waals surface area contributed by atoms with E-state index >= 15 is 0 Å². The minimum Gasteiger partial charge on any atom is -0.456 e. The van der Waals surface area contributed by atoms with Crippen molar-refractivity contribution in [3.8, 4) is 33.4 Å². The lowest BCUT2D eigenvalue weighted by Gasteiger charge is -2.29. The Bertz CT molecular complexity index is 3240. The Labute approximate surface area is 325 Å². The fraction of sp³-hybridized carbons (Fsp3) is 0. The number of fused-ring (bicyclic) bond motifs is 7. The van der Waals surface area contributed by atoms with Gasteiger partial charge in [0.05, 0.1) is 5.69 Å². The van der Waals surface area contributed by atoms with E-state index in [-0.39, 0.29) is 0 Å². The molecule has 0 spiro atoms. The summed E-state index contributed by atoms with van der Waals surface area (Å²) in [5, 5.41) is 9.74. The highest BCUT2D eigenvalue weighted by Crippen LogP contribution is 2.45. The number of para-hydroxylation sites is 1. The maximum Gasteiger partial charge on any atom is 0.137 e. The summed E-state index contributed by atoms with van der Waals surface area (Å²) < 4.78 is 6.48. The van der Waals surface area contributed by atoms with Gasteiger partial charge in [-0.2, -0.15) is 0 Å². The summed E-state index contributed by atoms with van der Waals surface area (Å²) in [5.74, 6) is 0. The molecular formula is C54H35NO. The highest BCUT2D eigenvalue weighted by atomic mass is 16.3. The number of hydrogen-bond donors (Lipinski definition) is 0. The Morgan fingerprint density at radius 1 is 0.286 bits per heavy atom. The lowest BCUT2D eigenvalue weighted by atomic mass is 9.94. The Hall–Kier alpha value is -7.42. The summed E-state index contributed by atoms with van der Waals surface area (Å²) in [4.78, 5) is 2.39. The SMILES string of the molecule is c1ccc(-c2ccc(-c3cccc4ccccc34)cc2N(c2ccc(-c3ccc4c(ccc5ccccc54)c3)cc2)c2ccc3c(c2)oc2ccccc23)cc1. The molecule has 0 N–H and O–H groups in total. The molecule has 0 fully saturated rings. The number of rotatable bonds is 6. The molecule has 262 valence electrons. The van der Waals surface area contributed by atoms with E-state index < -0.39 is 0 Å². The largest absolute Gasteiger partial charge is 0.456 e. The zero-order chi connectivity index (χ0) is 37.0. The zero-order valence-corrected chi connectivity index (χ0v) is 30.6. The fourth-order valence-corrected chi connectivity index (χ4v) is 8.50. The Balaban J connectivity index is 1.11. The number of furan rings is 1. The average molecular weight is 714 g/mol. The first-order valence-electron chi connectivity index (χ1n) is 19.2. The second kappa shape index (κ2) is 13.2. The molecule has 0 unspecified atom stereocenters. The van der Waals surface area contributed by atoms with Crippen molar-refractivity contribution in [2.24, 2.45) is 0 Å². The smallest absolute Gasteiger partial charge is 0.137 e. The third-order valence-electron chi connectivity index (χ3n) is 11.2. The molecule has 56 heavy (non-hydrogen) atoms. The van der Waals surface area contributed by atoms with Crippen LogP contribution in [0.1, 0.15) is 0 Å². The monoisotopic (exact) mass is 713 g/mol. The van der Waals surface area contributed by atoms with E-state index in [1.54, 1.807) is 0 Å². The van der Waals surface area contributed by atoms with Gasteiger partial charge in [0.2, 0.25) is 0 Å². The normalized spacial score (nSPS) is 11.6. The van der Waals surface area contributed by atoms with E-state index in [2.05, 4.69) is 205 Å². The van der Waals surface area contributed by atoms with Gasteiger partial charge in [0.25, 0.3) is 0 Å². The van der Waals surface area contributed by atoms with E-state index in [1.807, 2.05) is 12.1 Å². The Morgan fingerprint density at radius 3 is 1.75 bits per heavy atom. The summed E-state index contributed by atoms with van der Waals surface area (Å²) in [6.45, 7) is 0. The van der Waals surface area contributed by atoms with Gasteiger partial charge >= 0.3 is 0 Å². The van der Waals surface area contributed by atoms with Crippen molar-refractivity contribution in [1.29, 1.82) is 0 Å². The highest BCUT2D eigenvalue weighted by Gasteiger charge is 2.21. The topological polar surface area (TPSA) is 16.4 Å². The molecule has 0 atom stereocenters. The molecule has 0 saturated carbocycles. The van der Waals surface area contributed by atoms with Crippen LogP contribution < -0.4 is 4.90 Å². The van der Waals surface area contributed by atoms with E-state index in [0.29, 0.717) is 0 Å². The summed E-state index contributed by atoms with van der Waals surface area (Å²) in [5.41, 5.74) is 11.9. The molecule has 0 saturated heterocycles. The molecule has 11 aromatic rings. The molecule has 0 aliphatic rings. The predicted octanol–water partition coefficient (Wildman–Crippen LogP) is 15.5. The quantitative estimate of drug-likeness (QED) is 0.160. The second-order valence-corrected chi connectivity index (χ2v) is 14.5. The molecule has 0 aliphatic carbocycles. The summed E-state index contributed by atoms with van der Waals surface area (Å²) in [6.07, 6.45) is 0. The van der Waals surface area contributed by atoms with Crippen molar-refractivity contribution >= 4 is 71.3 Å². The first-order valence-corrected chi connectivity index (χ1v) is 19.2. The van der Waals surface area contributed by atoms with Crippen LogP contribution in [0, 0.1) is 0 Å². The van der Waals surface area contributed by atoms with Crippen LogP contribution in [0.2, 0.25) is 0 Å². The lowest BCUT2D eigenvalue weighted by Crippen LogP contribution is -2.11. The van der Waals surface area contributed by atoms with Gasteiger partial charge in [-0.25, -0.2) is 0 Å². The van der Waals surface area contributed by atoms with Crippen molar-refractivity contribution in [3.63, 3.8) is 0 Å². The van der Waals surface area contributed by atoms with Gasteiger partial charge in [-0.15, -0.1) is 0 Å².